The summed E-state index contributed by atoms with van der Waals surface area (Å²) >= 11 is 0. The molecule has 0 aliphatic carbocycles. The van der Waals surface area contributed by atoms with Gasteiger partial charge in [-0.15, -0.1) is 0 Å². The van der Waals surface area contributed by atoms with Gasteiger partial charge in [-0.25, -0.2) is 4.98 Å². The molecule has 0 bridgehead atoms. The van der Waals surface area contributed by atoms with Crippen molar-refractivity contribution >= 4 is 5.82 Å². The Morgan fingerprint density at radius 1 is 1.21 bits per heavy atom. The number of hydrogen-bond donors (Lipinski definition) is 1. The smallest absolute Gasteiger partial charge is 0.141 e. The number of rotatable bonds is 2. The Morgan fingerprint density at radius 3 is 2.50 bits per heavy atom. The van der Waals surface area contributed by atoms with Crippen molar-refractivity contribution in [1.29, 1.82) is 0 Å². The molecule has 0 saturated heterocycles. The minimum absolute atomic E-state index is 0.981. The summed E-state index contributed by atoms with van der Waals surface area (Å²) < 4.78 is 2.04. The maximum Gasteiger partial charge on any atom is 0.141 e. The minimum Gasteiger partial charge on any atom is -0.373 e. The molecule has 0 atom stereocenters. The van der Waals surface area contributed by atoms with Crippen LogP contribution in [-0.4, -0.2) is 16.6 Å². The zero-order chi connectivity index (χ0) is 9.97. The van der Waals surface area contributed by atoms with Gasteiger partial charge in [-0.05, 0) is 0 Å². The van der Waals surface area contributed by atoms with Crippen LogP contribution < -0.4 is 5.32 Å². The molecule has 1 heterocycles. The van der Waals surface area contributed by atoms with Gasteiger partial charge < -0.3 is 9.88 Å². The van der Waals surface area contributed by atoms with E-state index in [2.05, 4.69) is 22.4 Å². The number of imidazole rings is 1. The summed E-state index contributed by atoms with van der Waals surface area (Å²) in [6, 6.07) is 10.2. The number of anilines is 1. The van der Waals surface area contributed by atoms with Crippen LogP contribution in [0.25, 0.3) is 11.4 Å². The third kappa shape index (κ3) is 1.37. The highest BCUT2D eigenvalue weighted by Gasteiger charge is 2.05. The fourth-order valence-electron chi connectivity index (χ4n) is 1.50. The second-order valence-electron chi connectivity index (χ2n) is 3.14. The second-order valence-corrected chi connectivity index (χ2v) is 3.14. The summed E-state index contributed by atoms with van der Waals surface area (Å²) in [5.74, 6) is 2.00. The highest BCUT2D eigenvalue weighted by molar-refractivity contribution is 5.58. The summed E-state index contributed by atoms with van der Waals surface area (Å²) in [6.45, 7) is 0. The molecule has 3 nitrogen and oxygen atoms in total. The van der Waals surface area contributed by atoms with Gasteiger partial charge in [0.15, 0.2) is 0 Å². The molecule has 1 aromatic heterocycles. The molecule has 0 aliphatic rings. The number of benzene rings is 1. The lowest BCUT2D eigenvalue weighted by Crippen LogP contribution is -1.98. The summed E-state index contributed by atoms with van der Waals surface area (Å²) in [5.41, 5.74) is 1.14. The maximum atomic E-state index is 4.36. The van der Waals surface area contributed by atoms with Gasteiger partial charge in [-0.3, -0.25) is 0 Å². The average Bonchev–Trinajstić information content (AvgIpc) is 2.61. The van der Waals surface area contributed by atoms with E-state index in [0.717, 1.165) is 17.2 Å². The Kier molecular flexibility index (Phi) is 2.23. The molecule has 0 saturated carbocycles. The van der Waals surface area contributed by atoms with E-state index in [9.17, 15) is 0 Å². The lowest BCUT2D eigenvalue weighted by atomic mass is 10.2. The fraction of sp³-hybridized carbons (Fsp3) is 0.182. The third-order valence-corrected chi connectivity index (χ3v) is 2.28. The minimum atomic E-state index is 0.981. The summed E-state index contributed by atoms with van der Waals surface area (Å²) in [4.78, 5) is 4.36. The summed E-state index contributed by atoms with van der Waals surface area (Å²) in [6.07, 6.45) is 1.84. The van der Waals surface area contributed by atoms with E-state index < -0.39 is 0 Å². The second kappa shape index (κ2) is 3.54. The first kappa shape index (κ1) is 8.81. The molecule has 72 valence electrons. The van der Waals surface area contributed by atoms with E-state index in [1.807, 2.05) is 43.1 Å². The van der Waals surface area contributed by atoms with Crippen LogP contribution in [0.5, 0.6) is 0 Å². The highest BCUT2D eigenvalue weighted by Crippen LogP contribution is 2.19. The molecule has 0 spiro atoms. The van der Waals surface area contributed by atoms with Crippen molar-refractivity contribution in [3.63, 3.8) is 0 Å². The number of aromatic nitrogens is 2. The van der Waals surface area contributed by atoms with Crippen molar-refractivity contribution in [2.45, 2.75) is 0 Å². The van der Waals surface area contributed by atoms with E-state index in [4.69, 9.17) is 0 Å². The predicted molar refractivity (Wildman–Crippen MR) is 58.2 cm³/mol. The molecule has 1 N–H and O–H groups in total. The van der Waals surface area contributed by atoms with Gasteiger partial charge in [0.05, 0.1) is 6.20 Å². The van der Waals surface area contributed by atoms with Gasteiger partial charge in [-0.1, -0.05) is 30.3 Å². The molecule has 3 heteroatoms. The Labute approximate surface area is 83.4 Å². The molecule has 0 unspecified atom stereocenters. The Balaban J connectivity index is 2.48. The van der Waals surface area contributed by atoms with E-state index in [1.54, 1.807) is 0 Å². The lowest BCUT2D eigenvalue weighted by Gasteiger charge is -2.04. The molecule has 0 amide bonds. The maximum absolute atomic E-state index is 4.36. The van der Waals surface area contributed by atoms with E-state index in [-0.39, 0.29) is 0 Å². The number of nitrogens with zero attached hydrogens (tertiary/aromatic N) is 2. The molecule has 0 fully saturated rings. The molecule has 2 aromatic rings. The number of hydrogen-bond acceptors (Lipinski definition) is 2. The fourth-order valence-corrected chi connectivity index (χ4v) is 1.50. The van der Waals surface area contributed by atoms with E-state index >= 15 is 0 Å². The van der Waals surface area contributed by atoms with Crippen LogP contribution in [0.15, 0.2) is 36.5 Å². The van der Waals surface area contributed by atoms with Gasteiger partial charge in [0.2, 0.25) is 0 Å². The predicted octanol–water partition coefficient (Wildman–Crippen LogP) is 2.13. The molecular weight excluding hydrogens is 174 g/mol. The van der Waals surface area contributed by atoms with Crippen molar-refractivity contribution in [3.8, 4) is 11.4 Å². The summed E-state index contributed by atoms with van der Waals surface area (Å²) in [7, 11) is 3.90. The Morgan fingerprint density at radius 2 is 1.93 bits per heavy atom. The third-order valence-electron chi connectivity index (χ3n) is 2.28. The first-order chi connectivity index (χ1) is 6.83. The molecular formula is C11H13N3. The quantitative estimate of drug-likeness (QED) is 0.780. The Hall–Kier alpha value is -1.77. The molecule has 14 heavy (non-hydrogen) atoms. The van der Waals surface area contributed by atoms with Crippen LogP contribution in [0.4, 0.5) is 5.82 Å². The van der Waals surface area contributed by atoms with E-state index in [0.29, 0.717) is 0 Å². The molecule has 2 rings (SSSR count). The summed E-state index contributed by atoms with van der Waals surface area (Å²) in [5, 5.41) is 3.09. The van der Waals surface area contributed by atoms with Gasteiger partial charge in [0.25, 0.3) is 0 Å². The highest BCUT2D eigenvalue weighted by atomic mass is 15.1. The first-order valence-corrected chi connectivity index (χ1v) is 4.58. The van der Waals surface area contributed by atoms with Crippen molar-refractivity contribution in [3.05, 3.63) is 36.5 Å². The largest absolute Gasteiger partial charge is 0.373 e. The van der Waals surface area contributed by atoms with Crippen LogP contribution in [0, 0.1) is 0 Å². The van der Waals surface area contributed by atoms with Gasteiger partial charge in [-0.2, -0.15) is 0 Å². The normalized spacial score (nSPS) is 10.1. The monoisotopic (exact) mass is 187 g/mol. The van der Waals surface area contributed by atoms with Crippen LogP contribution >= 0.6 is 0 Å². The molecule has 1 aromatic carbocycles. The van der Waals surface area contributed by atoms with Gasteiger partial charge in [0.1, 0.15) is 11.6 Å². The van der Waals surface area contributed by atoms with Gasteiger partial charge >= 0.3 is 0 Å². The van der Waals surface area contributed by atoms with Crippen LogP contribution in [-0.2, 0) is 7.05 Å². The Bertz CT molecular complexity index is 417. The lowest BCUT2D eigenvalue weighted by molar-refractivity contribution is 0.929. The zero-order valence-electron chi connectivity index (χ0n) is 8.36. The van der Waals surface area contributed by atoms with Crippen molar-refractivity contribution in [2.24, 2.45) is 7.05 Å². The SMILES string of the molecule is CNc1cnc(-c2ccccc2)n1C. The van der Waals surface area contributed by atoms with Crippen LogP contribution in [0.3, 0.4) is 0 Å². The zero-order valence-corrected chi connectivity index (χ0v) is 8.36. The van der Waals surface area contributed by atoms with Crippen molar-refractivity contribution < 1.29 is 0 Å². The molecule has 0 aliphatic heterocycles. The molecule has 0 radical (unpaired) electrons. The topological polar surface area (TPSA) is 29.9 Å². The number of nitrogens with one attached hydrogen (secondary N) is 1. The van der Waals surface area contributed by atoms with Crippen LogP contribution in [0.2, 0.25) is 0 Å². The van der Waals surface area contributed by atoms with Crippen molar-refractivity contribution in [1.82, 2.24) is 9.55 Å². The van der Waals surface area contributed by atoms with E-state index in [1.165, 1.54) is 0 Å². The van der Waals surface area contributed by atoms with Crippen LogP contribution in [0.1, 0.15) is 0 Å². The van der Waals surface area contributed by atoms with Gasteiger partial charge in [0, 0.05) is 19.7 Å². The standard InChI is InChI=1S/C11H13N3/c1-12-10-8-13-11(14(10)2)9-6-4-3-5-7-9/h3-8,12H,1-2H3. The average molecular weight is 187 g/mol. The first-order valence-electron chi connectivity index (χ1n) is 4.58. The van der Waals surface area contributed by atoms with Crippen molar-refractivity contribution in [2.75, 3.05) is 12.4 Å².